The van der Waals surface area contributed by atoms with Gasteiger partial charge >= 0.3 is 5.97 Å². The van der Waals surface area contributed by atoms with Crippen LogP contribution in [-0.2, 0) is 4.74 Å². The van der Waals surface area contributed by atoms with E-state index in [9.17, 15) is 18.4 Å². The zero-order valence-electron chi connectivity index (χ0n) is 16.7. The van der Waals surface area contributed by atoms with Crippen LogP contribution < -0.4 is 0 Å². The maximum Gasteiger partial charge on any atom is 0.338 e. The molecule has 0 aliphatic heterocycles. The van der Waals surface area contributed by atoms with E-state index >= 15 is 0 Å². The highest BCUT2D eigenvalue weighted by Gasteiger charge is 2.24. The number of para-hydroxylation sites is 1. The predicted octanol–water partition coefficient (Wildman–Crippen LogP) is 6.62. The topological polar surface area (TPSA) is 48.3 Å². The van der Waals surface area contributed by atoms with E-state index in [1.165, 1.54) is 47.2 Å². The average molecular weight is 474 g/mol. The molecule has 4 nitrogen and oxygen atoms in total. The van der Waals surface area contributed by atoms with Gasteiger partial charge in [0.25, 0.3) is 0 Å². The standard InChI is InChI=1S/C24H15Cl2F2NO3/c1-2-32-24(31)13-9-10-20(19(28)11-13)29-12-15(14-5-3-8-18(27)22(14)29)23(30)21-16(25)6-4-7-17(21)26/h3-12H,2H2,1H3. The molecule has 32 heavy (non-hydrogen) atoms. The fraction of sp³-hybridized carbons (Fsp3) is 0.0833. The van der Waals surface area contributed by atoms with Gasteiger partial charge in [0.2, 0.25) is 0 Å². The van der Waals surface area contributed by atoms with E-state index in [4.69, 9.17) is 27.9 Å². The van der Waals surface area contributed by atoms with Crippen molar-refractivity contribution in [2.45, 2.75) is 6.92 Å². The van der Waals surface area contributed by atoms with E-state index in [2.05, 4.69) is 0 Å². The van der Waals surface area contributed by atoms with E-state index in [1.54, 1.807) is 19.1 Å². The molecule has 4 aromatic rings. The summed E-state index contributed by atoms with van der Waals surface area (Å²) in [6.45, 7) is 1.78. The van der Waals surface area contributed by atoms with Gasteiger partial charge in [0, 0.05) is 17.1 Å². The zero-order valence-corrected chi connectivity index (χ0v) is 18.2. The Balaban J connectivity index is 1.92. The second-order valence-corrected chi connectivity index (χ2v) is 7.68. The molecule has 162 valence electrons. The van der Waals surface area contributed by atoms with Crippen molar-refractivity contribution in [3.8, 4) is 5.69 Å². The number of esters is 1. The molecule has 0 aliphatic carbocycles. The number of ether oxygens (including phenoxy) is 1. The van der Waals surface area contributed by atoms with Crippen LogP contribution >= 0.6 is 23.2 Å². The first-order valence-corrected chi connectivity index (χ1v) is 10.3. The van der Waals surface area contributed by atoms with Crippen LogP contribution in [0.25, 0.3) is 16.6 Å². The minimum absolute atomic E-state index is 0.00168. The lowest BCUT2D eigenvalue weighted by Gasteiger charge is -2.09. The van der Waals surface area contributed by atoms with Crippen LogP contribution in [0.3, 0.4) is 0 Å². The van der Waals surface area contributed by atoms with Crippen LogP contribution in [0.15, 0.2) is 60.8 Å². The third-order valence-corrected chi connectivity index (χ3v) is 5.56. The summed E-state index contributed by atoms with van der Waals surface area (Å²) in [6, 6.07) is 12.6. The summed E-state index contributed by atoms with van der Waals surface area (Å²) >= 11 is 12.4. The Kier molecular flexibility index (Phi) is 6.00. The van der Waals surface area contributed by atoms with Crippen molar-refractivity contribution in [2.24, 2.45) is 0 Å². The second-order valence-electron chi connectivity index (χ2n) is 6.86. The molecular formula is C24H15Cl2F2NO3. The molecule has 0 N–H and O–H groups in total. The molecule has 0 aliphatic rings. The molecule has 0 bridgehead atoms. The van der Waals surface area contributed by atoms with Crippen molar-refractivity contribution in [2.75, 3.05) is 6.61 Å². The Morgan fingerprint density at radius 2 is 1.66 bits per heavy atom. The SMILES string of the molecule is CCOC(=O)c1ccc(-n2cc(C(=O)c3c(Cl)cccc3Cl)c3cccc(F)c32)c(F)c1. The Hall–Kier alpha value is -3.22. The molecule has 3 aromatic carbocycles. The number of carbonyl (C=O) groups excluding carboxylic acids is 2. The Morgan fingerprint density at radius 3 is 2.31 bits per heavy atom. The average Bonchev–Trinajstić information content (AvgIpc) is 3.14. The molecule has 0 saturated carbocycles. The van der Waals surface area contributed by atoms with Crippen LogP contribution in [0.1, 0.15) is 33.2 Å². The molecule has 0 atom stereocenters. The number of rotatable bonds is 5. The largest absolute Gasteiger partial charge is 0.462 e. The quantitative estimate of drug-likeness (QED) is 0.241. The molecule has 0 unspecified atom stereocenters. The van der Waals surface area contributed by atoms with E-state index in [0.717, 1.165) is 6.07 Å². The molecule has 1 heterocycles. The number of benzene rings is 3. The minimum Gasteiger partial charge on any atom is -0.462 e. The van der Waals surface area contributed by atoms with Gasteiger partial charge in [0.05, 0.1) is 39.0 Å². The minimum atomic E-state index is -0.787. The lowest BCUT2D eigenvalue weighted by atomic mass is 10.0. The molecule has 0 amide bonds. The molecule has 0 spiro atoms. The van der Waals surface area contributed by atoms with Crippen LogP contribution in [0, 0.1) is 11.6 Å². The fourth-order valence-corrected chi connectivity index (χ4v) is 4.07. The number of carbonyl (C=O) groups is 2. The van der Waals surface area contributed by atoms with Gasteiger partial charge in [-0.1, -0.05) is 41.4 Å². The van der Waals surface area contributed by atoms with Crippen molar-refractivity contribution in [3.63, 3.8) is 0 Å². The van der Waals surface area contributed by atoms with Crippen LogP contribution in [0.2, 0.25) is 10.0 Å². The van der Waals surface area contributed by atoms with Crippen molar-refractivity contribution in [1.82, 2.24) is 4.57 Å². The number of ketones is 1. The Morgan fingerprint density at radius 1 is 0.969 bits per heavy atom. The summed E-state index contributed by atoms with van der Waals surface area (Å²) in [5, 5.41) is 0.550. The Labute approximate surface area is 191 Å². The van der Waals surface area contributed by atoms with Crippen molar-refractivity contribution >= 4 is 45.9 Å². The number of aromatic nitrogens is 1. The number of hydrogen-bond donors (Lipinski definition) is 0. The van der Waals surface area contributed by atoms with Gasteiger partial charge in [0.15, 0.2) is 5.78 Å². The lowest BCUT2D eigenvalue weighted by molar-refractivity contribution is 0.0525. The maximum atomic E-state index is 15.0. The number of nitrogens with zero attached hydrogens (tertiary/aromatic N) is 1. The van der Waals surface area contributed by atoms with E-state index in [-0.39, 0.29) is 49.9 Å². The van der Waals surface area contributed by atoms with E-state index < -0.39 is 23.4 Å². The molecule has 8 heteroatoms. The highest BCUT2D eigenvalue weighted by Crippen LogP contribution is 2.33. The maximum absolute atomic E-state index is 15.0. The van der Waals surface area contributed by atoms with Gasteiger partial charge in [-0.15, -0.1) is 0 Å². The molecule has 4 rings (SSSR count). The first-order chi connectivity index (χ1) is 15.3. The normalized spacial score (nSPS) is 11.0. The zero-order chi connectivity index (χ0) is 23.0. The summed E-state index contributed by atoms with van der Waals surface area (Å²) < 4.78 is 35.9. The first-order valence-electron chi connectivity index (χ1n) is 9.58. The van der Waals surface area contributed by atoms with Gasteiger partial charge in [0.1, 0.15) is 11.6 Å². The predicted molar refractivity (Wildman–Crippen MR) is 119 cm³/mol. The van der Waals surface area contributed by atoms with Crippen LogP contribution in [-0.4, -0.2) is 22.9 Å². The molecule has 0 radical (unpaired) electrons. The summed E-state index contributed by atoms with van der Waals surface area (Å²) in [5.41, 5.74) is 0.143. The van der Waals surface area contributed by atoms with Crippen molar-refractivity contribution in [1.29, 1.82) is 0 Å². The van der Waals surface area contributed by atoms with Crippen LogP contribution in [0.4, 0.5) is 8.78 Å². The van der Waals surface area contributed by atoms with Crippen molar-refractivity contribution < 1.29 is 23.1 Å². The summed E-state index contributed by atoms with van der Waals surface area (Å²) in [6.07, 6.45) is 1.33. The number of hydrogen-bond acceptors (Lipinski definition) is 3. The third kappa shape index (κ3) is 3.76. The van der Waals surface area contributed by atoms with E-state index in [1.807, 2.05) is 0 Å². The van der Waals surface area contributed by atoms with Gasteiger partial charge in [-0.2, -0.15) is 0 Å². The monoisotopic (exact) mass is 473 g/mol. The van der Waals surface area contributed by atoms with Gasteiger partial charge in [-0.3, -0.25) is 4.79 Å². The van der Waals surface area contributed by atoms with Gasteiger partial charge in [-0.25, -0.2) is 13.6 Å². The molecule has 1 aromatic heterocycles. The molecular weight excluding hydrogens is 459 g/mol. The van der Waals surface area contributed by atoms with Crippen LogP contribution in [0.5, 0.6) is 0 Å². The molecule has 0 saturated heterocycles. The smallest absolute Gasteiger partial charge is 0.338 e. The highest BCUT2D eigenvalue weighted by molar-refractivity contribution is 6.41. The first kappa shape index (κ1) is 22.0. The highest BCUT2D eigenvalue weighted by atomic mass is 35.5. The number of fused-ring (bicyclic) bond motifs is 1. The third-order valence-electron chi connectivity index (χ3n) is 4.93. The van der Waals surface area contributed by atoms with Gasteiger partial charge in [-0.05, 0) is 43.3 Å². The van der Waals surface area contributed by atoms with Crippen molar-refractivity contribution in [3.05, 3.63) is 99.2 Å². The summed E-state index contributed by atoms with van der Waals surface area (Å²) in [4.78, 5) is 25.2. The summed E-state index contributed by atoms with van der Waals surface area (Å²) in [5.74, 6) is -2.64. The Bertz CT molecular complexity index is 1360. The summed E-state index contributed by atoms with van der Waals surface area (Å²) in [7, 11) is 0. The lowest BCUT2D eigenvalue weighted by Crippen LogP contribution is -2.06. The fourth-order valence-electron chi connectivity index (χ4n) is 3.50. The van der Waals surface area contributed by atoms with Gasteiger partial charge < -0.3 is 9.30 Å². The second kappa shape index (κ2) is 8.73. The van der Waals surface area contributed by atoms with E-state index in [0.29, 0.717) is 0 Å². The number of halogens is 4. The molecule has 0 fully saturated rings.